The molecule has 13 heavy (non-hydrogen) atoms. The van der Waals surface area contributed by atoms with Crippen molar-refractivity contribution >= 4 is 5.82 Å². The molecule has 2 rings (SSSR count). The average molecular weight is 175 g/mol. The standard InChI is InChI=1S/C8H9N5/c1-9-7-5-11-13-8(12-7)6-2-3-10-4-6/h2-5,10H,1H3,(H,9,12,13). The van der Waals surface area contributed by atoms with Crippen LogP contribution in [-0.4, -0.2) is 27.2 Å². The van der Waals surface area contributed by atoms with Crippen molar-refractivity contribution in [1.29, 1.82) is 0 Å². The van der Waals surface area contributed by atoms with Crippen LogP contribution in [0.3, 0.4) is 0 Å². The van der Waals surface area contributed by atoms with Gasteiger partial charge in [0, 0.05) is 25.0 Å². The first kappa shape index (κ1) is 7.72. The highest BCUT2D eigenvalue weighted by Crippen LogP contribution is 2.13. The van der Waals surface area contributed by atoms with E-state index < -0.39 is 0 Å². The lowest BCUT2D eigenvalue weighted by Crippen LogP contribution is -1.97. The molecule has 0 fully saturated rings. The van der Waals surface area contributed by atoms with Crippen LogP contribution in [0, 0.1) is 0 Å². The fourth-order valence-electron chi connectivity index (χ4n) is 1.01. The number of aromatic nitrogens is 4. The first-order valence-electron chi connectivity index (χ1n) is 3.91. The van der Waals surface area contributed by atoms with Gasteiger partial charge in [-0.25, -0.2) is 4.98 Å². The lowest BCUT2D eigenvalue weighted by molar-refractivity contribution is 0.981. The van der Waals surface area contributed by atoms with Gasteiger partial charge in [0.05, 0.1) is 6.20 Å². The zero-order valence-electron chi connectivity index (χ0n) is 7.15. The molecule has 0 aliphatic carbocycles. The fourth-order valence-corrected chi connectivity index (χ4v) is 1.01. The van der Waals surface area contributed by atoms with Crippen molar-refractivity contribution in [3.8, 4) is 11.4 Å². The van der Waals surface area contributed by atoms with E-state index in [1.807, 2.05) is 18.5 Å². The van der Waals surface area contributed by atoms with Crippen molar-refractivity contribution < 1.29 is 0 Å². The SMILES string of the molecule is CNc1cnnc(-c2cc[nH]c2)n1. The largest absolute Gasteiger partial charge is 0.372 e. The molecule has 2 N–H and O–H groups in total. The van der Waals surface area contributed by atoms with Crippen molar-refractivity contribution in [2.75, 3.05) is 12.4 Å². The minimum absolute atomic E-state index is 0.619. The summed E-state index contributed by atoms with van der Waals surface area (Å²) in [7, 11) is 1.80. The minimum atomic E-state index is 0.619. The maximum absolute atomic E-state index is 4.23. The molecular weight excluding hydrogens is 166 g/mol. The average Bonchev–Trinajstić information content (AvgIpc) is 2.71. The van der Waals surface area contributed by atoms with E-state index >= 15 is 0 Å². The molecule has 0 unspecified atom stereocenters. The van der Waals surface area contributed by atoms with Gasteiger partial charge >= 0.3 is 0 Å². The summed E-state index contributed by atoms with van der Waals surface area (Å²) in [6, 6.07) is 1.90. The number of nitrogens with one attached hydrogen (secondary N) is 2. The second-order valence-corrected chi connectivity index (χ2v) is 2.51. The molecule has 0 saturated carbocycles. The van der Waals surface area contributed by atoms with Crippen LogP contribution in [0.25, 0.3) is 11.4 Å². The van der Waals surface area contributed by atoms with Gasteiger partial charge in [-0.1, -0.05) is 0 Å². The first-order chi connectivity index (χ1) is 6.40. The summed E-state index contributed by atoms with van der Waals surface area (Å²) in [6.07, 6.45) is 5.23. The highest BCUT2D eigenvalue weighted by atomic mass is 15.2. The zero-order chi connectivity index (χ0) is 9.10. The molecule has 0 amide bonds. The zero-order valence-corrected chi connectivity index (χ0v) is 7.15. The van der Waals surface area contributed by atoms with Gasteiger partial charge in [-0.3, -0.25) is 0 Å². The third kappa shape index (κ3) is 1.48. The normalized spacial score (nSPS) is 9.92. The summed E-state index contributed by atoms with van der Waals surface area (Å²) in [5.41, 5.74) is 0.935. The van der Waals surface area contributed by atoms with E-state index in [2.05, 4.69) is 25.5 Å². The van der Waals surface area contributed by atoms with Crippen LogP contribution in [0.1, 0.15) is 0 Å². The maximum atomic E-state index is 4.23. The quantitative estimate of drug-likeness (QED) is 0.711. The smallest absolute Gasteiger partial charge is 0.185 e. The van der Waals surface area contributed by atoms with Crippen molar-refractivity contribution in [2.45, 2.75) is 0 Å². The topological polar surface area (TPSA) is 66.5 Å². The summed E-state index contributed by atoms with van der Waals surface area (Å²) in [6.45, 7) is 0. The summed E-state index contributed by atoms with van der Waals surface area (Å²) in [5.74, 6) is 1.33. The van der Waals surface area contributed by atoms with E-state index in [1.54, 1.807) is 13.2 Å². The number of nitrogens with zero attached hydrogens (tertiary/aromatic N) is 3. The van der Waals surface area contributed by atoms with E-state index in [0.29, 0.717) is 11.6 Å². The molecule has 0 aliphatic rings. The predicted molar refractivity (Wildman–Crippen MR) is 49.2 cm³/mol. The van der Waals surface area contributed by atoms with E-state index in [9.17, 15) is 0 Å². The molecule has 0 spiro atoms. The van der Waals surface area contributed by atoms with Crippen LogP contribution in [-0.2, 0) is 0 Å². The Morgan fingerprint density at radius 2 is 2.38 bits per heavy atom. The molecule has 2 aromatic heterocycles. The summed E-state index contributed by atoms with van der Waals surface area (Å²) in [4.78, 5) is 7.17. The Labute approximate surface area is 75.2 Å². The molecule has 0 aliphatic heterocycles. The molecule has 0 bridgehead atoms. The van der Waals surface area contributed by atoms with Crippen molar-refractivity contribution in [1.82, 2.24) is 20.2 Å². The van der Waals surface area contributed by atoms with Gasteiger partial charge in [-0.05, 0) is 6.07 Å². The van der Waals surface area contributed by atoms with Gasteiger partial charge in [0.1, 0.15) is 5.82 Å². The van der Waals surface area contributed by atoms with Crippen LogP contribution in [0.15, 0.2) is 24.7 Å². The molecule has 5 nitrogen and oxygen atoms in total. The van der Waals surface area contributed by atoms with Crippen LogP contribution < -0.4 is 5.32 Å². The first-order valence-corrected chi connectivity index (χ1v) is 3.91. The van der Waals surface area contributed by atoms with Gasteiger partial charge in [0.25, 0.3) is 0 Å². The Morgan fingerprint density at radius 3 is 3.08 bits per heavy atom. The molecule has 0 saturated heterocycles. The van der Waals surface area contributed by atoms with E-state index in [0.717, 1.165) is 5.56 Å². The highest BCUT2D eigenvalue weighted by Gasteiger charge is 2.01. The summed E-state index contributed by atoms with van der Waals surface area (Å²) < 4.78 is 0. The third-order valence-electron chi connectivity index (χ3n) is 1.67. The van der Waals surface area contributed by atoms with E-state index in [1.165, 1.54) is 0 Å². The molecule has 2 aromatic rings. The Morgan fingerprint density at radius 1 is 1.46 bits per heavy atom. The van der Waals surface area contributed by atoms with Gasteiger partial charge in [-0.2, -0.15) is 5.10 Å². The van der Waals surface area contributed by atoms with Crippen molar-refractivity contribution in [2.24, 2.45) is 0 Å². The number of H-pyrrole nitrogens is 1. The highest BCUT2D eigenvalue weighted by molar-refractivity contribution is 5.54. The Hall–Kier alpha value is -1.91. The maximum Gasteiger partial charge on any atom is 0.185 e. The lowest BCUT2D eigenvalue weighted by atomic mass is 10.3. The van der Waals surface area contributed by atoms with Crippen molar-refractivity contribution in [3.63, 3.8) is 0 Å². The molecule has 5 heteroatoms. The van der Waals surface area contributed by atoms with Gasteiger partial charge in [0.15, 0.2) is 5.82 Å². The third-order valence-corrected chi connectivity index (χ3v) is 1.67. The van der Waals surface area contributed by atoms with Crippen LogP contribution in [0.5, 0.6) is 0 Å². The second-order valence-electron chi connectivity index (χ2n) is 2.51. The number of rotatable bonds is 2. The molecule has 2 heterocycles. The number of hydrogen-bond acceptors (Lipinski definition) is 4. The molecule has 0 aromatic carbocycles. The number of aromatic amines is 1. The van der Waals surface area contributed by atoms with Gasteiger partial charge < -0.3 is 10.3 Å². The predicted octanol–water partition coefficient (Wildman–Crippen LogP) is 0.908. The summed E-state index contributed by atoms with van der Waals surface area (Å²) in [5, 5.41) is 10.6. The van der Waals surface area contributed by atoms with Crippen LogP contribution in [0.2, 0.25) is 0 Å². The Kier molecular flexibility index (Phi) is 1.91. The van der Waals surface area contributed by atoms with Crippen molar-refractivity contribution in [3.05, 3.63) is 24.7 Å². The van der Waals surface area contributed by atoms with Crippen LogP contribution >= 0.6 is 0 Å². The molecule has 0 atom stereocenters. The molecular formula is C8H9N5. The van der Waals surface area contributed by atoms with E-state index in [-0.39, 0.29) is 0 Å². The van der Waals surface area contributed by atoms with Gasteiger partial charge in [0.2, 0.25) is 0 Å². The minimum Gasteiger partial charge on any atom is -0.372 e. The lowest BCUT2D eigenvalue weighted by Gasteiger charge is -1.98. The molecule has 66 valence electrons. The fraction of sp³-hybridized carbons (Fsp3) is 0.125. The second kappa shape index (κ2) is 3.22. The van der Waals surface area contributed by atoms with Crippen LogP contribution in [0.4, 0.5) is 5.82 Å². The molecule has 0 radical (unpaired) electrons. The Bertz CT molecular complexity index is 381. The van der Waals surface area contributed by atoms with Gasteiger partial charge in [-0.15, -0.1) is 5.10 Å². The summed E-state index contributed by atoms with van der Waals surface area (Å²) >= 11 is 0. The Balaban J connectivity index is 2.41. The monoisotopic (exact) mass is 175 g/mol. The number of hydrogen-bond donors (Lipinski definition) is 2. The van der Waals surface area contributed by atoms with E-state index in [4.69, 9.17) is 0 Å². The number of anilines is 1.